The van der Waals surface area contributed by atoms with Crippen LogP contribution in [0.5, 0.6) is 5.88 Å². The van der Waals surface area contributed by atoms with Crippen molar-refractivity contribution >= 4 is 56.0 Å². The third kappa shape index (κ3) is 7.39. The molecule has 7 rings (SSSR count). The van der Waals surface area contributed by atoms with Crippen LogP contribution < -0.4 is 20.1 Å². The lowest BCUT2D eigenvalue weighted by Crippen LogP contribution is -2.58. The molecule has 13 nitrogen and oxygen atoms in total. The van der Waals surface area contributed by atoms with Gasteiger partial charge in [-0.15, -0.1) is 11.3 Å². The smallest absolute Gasteiger partial charge is 0.262 e. The van der Waals surface area contributed by atoms with E-state index in [4.69, 9.17) is 4.74 Å². The number of para-hydroxylation sites is 1. The molecular formula is C37H43FN6O7S2. The summed E-state index contributed by atoms with van der Waals surface area (Å²) in [5, 5.41) is 5.76. The fraction of sp³-hybridized carbons (Fsp3) is 0.514. The molecular weight excluding hydrogens is 724 g/mol. The molecule has 1 unspecified atom stereocenters. The van der Waals surface area contributed by atoms with E-state index in [0.717, 1.165) is 17.7 Å². The molecule has 2 aliphatic carbocycles. The average Bonchev–Trinajstić information content (AvgIpc) is 3.91. The van der Waals surface area contributed by atoms with E-state index in [1.54, 1.807) is 26.0 Å². The number of benzene rings is 1. The number of carbonyl (C=O) groups is 4. The van der Waals surface area contributed by atoms with E-state index in [1.807, 2.05) is 25.1 Å². The largest absolute Gasteiger partial charge is 0.471 e. The van der Waals surface area contributed by atoms with Crippen molar-refractivity contribution in [2.45, 2.75) is 107 Å². The zero-order chi connectivity index (χ0) is 37.7. The third-order valence-electron chi connectivity index (χ3n) is 10.8. The van der Waals surface area contributed by atoms with Crippen LogP contribution >= 0.6 is 11.3 Å². The van der Waals surface area contributed by atoms with E-state index in [2.05, 4.69) is 25.3 Å². The molecule has 4 aliphatic rings. The number of fused-ring (bicyclic) bond motifs is 3. The Morgan fingerprint density at radius 3 is 2.62 bits per heavy atom. The maximum Gasteiger partial charge on any atom is 0.262 e. The van der Waals surface area contributed by atoms with Crippen molar-refractivity contribution in [2.75, 3.05) is 6.54 Å². The zero-order valence-corrected chi connectivity index (χ0v) is 31.4. The first-order chi connectivity index (χ1) is 25.2. The monoisotopic (exact) mass is 766 g/mol. The number of amides is 4. The van der Waals surface area contributed by atoms with Gasteiger partial charge in [0.1, 0.15) is 34.9 Å². The van der Waals surface area contributed by atoms with Crippen LogP contribution in [0.25, 0.3) is 11.0 Å². The van der Waals surface area contributed by atoms with Crippen LogP contribution in [0.3, 0.4) is 0 Å². The molecule has 2 saturated carbocycles. The lowest BCUT2D eigenvalue weighted by molar-refractivity contribution is -0.141. The van der Waals surface area contributed by atoms with Gasteiger partial charge in [0.25, 0.3) is 11.8 Å². The number of aryl methyl sites for hydroxylation is 2. The number of hydrogen-bond acceptors (Lipinski definition) is 10. The van der Waals surface area contributed by atoms with Crippen molar-refractivity contribution in [3.05, 3.63) is 63.7 Å². The van der Waals surface area contributed by atoms with Gasteiger partial charge in [-0.3, -0.25) is 23.9 Å². The van der Waals surface area contributed by atoms with Crippen molar-refractivity contribution in [3.63, 3.8) is 0 Å². The standard InChI is InChI=1S/C37H43FN6O7S2/c1-21-14-15-29(52-21)32(46)40-27-12-8-6-4-5-7-10-23-19-37(23,35(48)43-53(49,50)36(3)16-17-36)42-31(45)28-18-24(20-44(28)34(27)47)51-33-22(2)39-26-13-9-11-25(38)30(26)41-33/h7,9-11,13-15,23-24,27-28H,4-6,8,12,16-20H2,1-3H3,(H,40,46)(H,42,45)(H,43,48)/b10-7-/t23?,24-,27+,28+,37-/m1/s1. The van der Waals surface area contributed by atoms with Gasteiger partial charge in [0.05, 0.1) is 21.7 Å². The highest BCUT2D eigenvalue weighted by atomic mass is 32.2. The van der Waals surface area contributed by atoms with Crippen LogP contribution in [0.2, 0.25) is 0 Å². The van der Waals surface area contributed by atoms with Crippen LogP contribution in [0.4, 0.5) is 4.39 Å². The summed E-state index contributed by atoms with van der Waals surface area (Å²) < 4.78 is 48.3. The van der Waals surface area contributed by atoms with E-state index >= 15 is 0 Å². The molecule has 1 aromatic carbocycles. The van der Waals surface area contributed by atoms with Crippen molar-refractivity contribution in [1.29, 1.82) is 0 Å². The van der Waals surface area contributed by atoms with Crippen molar-refractivity contribution in [1.82, 2.24) is 30.2 Å². The lowest BCUT2D eigenvalue weighted by Gasteiger charge is -2.30. The lowest BCUT2D eigenvalue weighted by atomic mass is 10.0. The second-order valence-corrected chi connectivity index (χ2v) is 18.3. The van der Waals surface area contributed by atoms with Crippen molar-refractivity contribution in [2.24, 2.45) is 5.92 Å². The van der Waals surface area contributed by atoms with E-state index in [0.29, 0.717) is 48.2 Å². The zero-order valence-electron chi connectivity index (χ0n) is 29.8. The predicted octanol–water partition coefficient (Wildman–Crippen LogP) is 3.99. The van der Waals surface area contributed by atoms with Crippen molar-refractivity contribution < 1.29 is 36.7 Å². The van der Waals surface area contributed by atoms with E-state index in [9.17, 15) is 32.0 Å². The van der Waals surface area contributed by atoms with E-state index in [-0.39, 0.29) is 30.8 Å². The molecule has 53 heavy (non-hydrogen) atoms. The summed E-state index contributed by atoms with van der Waals surface area (Å²) in [7, 11) is -4.00. The van der Waals surface area contributed by atoms with Gasteiger partial charge in [-0.1, -0.05) is 31.1 Å². The summed E-state index contributed by atoms with van der Waals surface area (Å²) in [5.41, 5.74) is -0.800. The van der Waals surface area contributed by atoms with Gasteiger partial charge in [-0.25, -0.2) is 22.8 Å². The van der Waals surface area contributed by atoms with E-state index < -0.39 is 73.9 Å². The molecule has 282 valence electrons. The number of rotatable bonds is 7. The minimum Gasteiger partial charge on any atom is -0.471 e. The fourth-order valence-corrected chi connectivity index (χ4v) is 9.20. The van der Waals surface area contributed by atoms with Gasteiger partial charge in [0.2, 0.25) is 27.7 Å². The van der Waals surface area contributed by atoms with Crippen LogP contribution in [0.1, 0.15) is 85.0 Å². The van der Waals surface area contributed by atoms with Gasteiger partial charge in [-0.05, 0) is 83.6 Å². The summed E-state index contributed by atoms with van der Waals surface area (Å²) in [5.74, 6) is -3.36. The normalized spacial score (nSPS) is 27.7. The van der Waals surface area contributed by atoms with Crippen molar-refractivity contribution in [3.8, 4) is 5.88 Å². The molecule has 0 spiro atoms. The van der Waals surface area contributed by atoms with Gasteiger partial charge in [0.15, 0.2) is 5.82 Å². The van der Waals surface area contributed by atoms with E-state index in [1.165, 1.54) is 28.4 Å². The molecule has 2 aliphatic heterocycles. The Morgan fingerprint density at radius 1 is 1.09 bits per heavy atom. The Hall–Kier alpha value is -4.44. The average molecular weight is 767 g/mol. The van der Waals surface area contributed by atoms with Gasteiger partial charge in [-0.2, -0.15) is 0 Å². The van der Waals surface area contributed by atoms with Gasteiger partial charge >= 0.3 is 0 Å². The molecule has 0 bridgehead atoms. The summed E-state index contributed by atoms with van der Waals surface area (Å²) in [6.45, 7) is 5.05. The Labute approximate surface area is 311 Å². The van der Waals surface area contributed by atoms with Crippen LogP contribution in [-0.4, -0.2) is 81.9 Å². The molecule has 3 fully saturated rings. The second-order valence-electron chi connectivity index (χ2n) is 14.9. The number of sulfonamides is 1. The predicted molar refractivity (Wildman–Crippen MR) is 195 cm³/mol. The number of ether oxygens (including phenoxy) is 1. The number of thiophene rings is 1. The molecule has 16 heteroatoms. The minimum atomic E-state index is -4.00. The first-order valence-corrected chi connectivity index (χ1v) is 20.3. The van der Waals surface area contributed by atoms with Crippen LogP contribution in [-0.2, 0) is 24.4 Å². The van der Waals surface area contributed by atoms with Gasteiger partial charge in [0, 0.05) is 17.2 Å². The topological polar surface area (TPSA) is 177 Å². The Morgan fingerprint density at radius 2 is 1.89 bits per heavy atom. The van der Waals surface area contributed by atoms with Gasteiger partial charge < -0.3 is 20.3 Å². The maximum absolute atomic E-state index is 14.7. The summed E-state index contributed by atoms with van der Waals surface area (Å²) in [6, 6.07) is 5.83. The number of halogens is 1. The maximum atomic E-state index is 14.7. The molecule has 2 aromatic heterocycles. The molecule has 1 saturated heterocycles. The Balaban J connectivity index is 1.20. The number of hydrogen-bond donors (Lipinski definition) is 3. The summed E-state index contributed by atoms with van der Waals surface area (Å²) >= 11 is 1.31. The molecule has 3 aromatic rings. The summed E-state index contributed by atoms with van der Waals surface area (Å²) in [6.07, 6.45) is 7.20. The minimum absolute atomic E-state index is 0.0112. The molecule has 5 atom stereocenters. The molecule has 0 radical (unpaired) electrons. The highest BCUT2D eigenvalue weighted by molar-refractivity contribution is 7.91. The Bertz CT molecular complexity index is 2120. The number of nitrogens with zero attached hydrogens (tertiary/aromatic N) is 3. The SMILES string of the molecule is Cc1ccc(C(=O)N[C@H]2CCCCC/C=C\C3C[C@@]3(C(=O)NS(=O)(=O)C3(C)CC3)NC(=O)[C@@H]3C[C@@H](Oc4nc5c(F)cccc5nc4C)CN3C2=O)s1. The highest BCUT2D eigenvalue weighted by Crippen LogP contribution is 2.47. The van der Waals surface area contributed by atoms with Crippen LogP contribution in [0, 0.1) is 25.6 Å². The van der Waals surface area contributed by atoms with Crippen LogP contribution in [0.15, 0.2) is 42.5 Å². The number of carbonyl (C=O) groups excluding carboxylic acids is 4. The second kappa shape index (κ2) is 14.1. The molecule has 4 amide bonds. The molecule has 4 heterocycles. The number of nitrogens with one attached hydrogen (secondary N) is 3. The number of aromatic nitrogens is 2. The Kier molecular flexibility index (Phi) is 9.81. The summed E-state index contributed by atoms with van der Waals surface area (Å²) in [4.78, 5) is 67.6. The quantitative estimate of drug-likeness (QED) is 0.300. The molecule has 3 N–H and O–H groups in total. The first-order valence-electron chi connectivity index (χ1n) is 18.0. The fourth-order valence-electron chi connectivity index (χ4n) is 7.12. The third-order valence-corrected chi connectivity index (χ3v) is 14.0. The first kappa shape index (κ1) is 36.9. The number of allylic oxidation sites excluding steroid dienone is 1. The highest BCUT2D eigenvalue weighted by Gasteiger charge is 2.63.